The summed E-state index contributed by atoms with van der Waals surface area (Å²) in [6, 6.07) is 6.72. The van der Waals surface area contributed by atoms with Gasteiger partial charge in [-0.25, -0.2) is 4.79 Å². The maximum absolute atomic E-state index is 12.0. The molecule has 7 heteroatoms. The van der Waals surface area contributed by atoms with Gasteiger partial charge < -0.3 is 16.0 Å². The first kappa shape index (κ1) is 17.0. The molecule has 0 spiro atoms. The third-order valence-corrected chi connectivity index (χ3v) is 3.62. The van der Waals surface area contributed by atoms with E-state index in [1.165, 1.54) is 0 Å². The Morgan fingerprint density at radius 2 is 2.00 bits per heavy atom. The van der Waals surface area contributed by atoms with Crippen LogP contribution in [0, 0.1) is 0 Å². The lowest BCUT2D eigenvalue weighted by molar-refractivity contribution is -0.125. The predicted molar refractivity (Wildman–Crippen MR) is 85.9 cm³/mol. The maximum Gasteiger partial charge on any atom is 0.324 e. The Morgan fingerprint density at radius 1 is 1.30 bits per heavy atom. The Hall–Kier alpha value is -2.41. The van der Waals surface area contributed by atoms with Crippen molar-refractivity contribution in [2.24, 2.45) is 0 Å². The summed E-state index contributed by atoms with van der Waals surface area (Å²) in [4.78, 5) is 36.2. The van der Waals surface area contributed by atoms with Crippen molar-refractivity contribution in [3.8, 4) is 0 Å². The van der Waals surface area contributed by atoms with Crippen molar-refractivity contribution in [2.45, 2.75) is 26.4 Å². The molecule has 3 N–H and O–H groups in total. The number of amides is 4. The molecule has 0 aromatic heterocycles. The van der Waals surface area contributed by atoms with Crippen molar-refractivity contribution in [1.29, 1.82) is 0 Å². The highest BCUT2D eigenvalue weighted by atomic mass is 16.2. The first-order chi connectivity index (χ1) is 11.0. The van der Waals surface area contributed by atoms with Gasteiger partial charge >= 0.3 is 6.03 Å². The van der Waals surface area contributed by atoms with Crippen molar-refractivity contribution >= 4 is 17.8 Å². The summed E-state index contributed by atoms with van der Waals surface area (Å²) < 4.78 is 0. The van der Waals surface area contributed by atoms with Gasteiger partial charge in [-0.2, -0.15) is 0 Å². The zero-order chi connectivity index (χ0) is 16.8. The Balaban J connectivity index is 1.90. The smallest absolute Gasteiger partial charge is 0.324 e. The Bertz CT molecular complexity index is 569. The van der Waals surface area contributed by atoms with Crippen LogP contribution in [0.5, 0.6) is 0 Å². The average Bonchev–Trinajstić information content (AvgIpc) is 2.85. The molecular weight excluding hydrogens is 296 g/mol. The molecule has 1 aromatic carbocycles. The molecular formula is C16H22N4O3. The van der Waals surface area contributed by atoms with E-state index in [2.05, 4.69) is 16.0 Å². The number of hydrogen-bond acceptors (Lipinski definition) is 4. The van der Waals surface area contributed by atoms with Gasteiger partial charge in [0.1, 0.15) is 0 Å². The van der Waals surface area contributed by atoms with Gasteiger partial charge in [0.2, 0.25) is 5.91 Å². The molecule has 23 heavy (non-hydrogen) atoms. The Labute approximate surface area is 135 Å². The van der Waals surface area contributed by atoms with Gasteiger partial charge in [0.05, 0.1) is 13.1 Å². The molecule has 1 fully saturated rings. The zero-order valence-electron chi connectivity index (χ0n) is 13.4. The fourth-order valence-corrected chi connectivity index (χ4v) is 2.33. The topological polar surface area (TPSA) is 90.5 Å². The third kappa shape index (κ3) is 4.53. The second-order valence-electron chi connectivity index (χ2n) is 5.50. The van der Waals surface area contributed by atoms with Crippen LogP contribution in [0.2, 0.25) is 0 Å². The lowest BCUT2D eigenvalue weighted by Gasteiger charge is -2.14. The molecule has 0 radical (unpaired) electrons. The summed E-state index contributed by atoms with van der Waals surface area (Å²) in [6.07, 6.45) is 0. The molecule has 1 aromatic rings. The van der Waals surface area contributed by atoms with Crippen LogP contribution in [-0.2, 0) is 11.3 Å². The van der Waals surface area contributed by atoms with Crippen LogP contribution in [0.25, 0.3) is 0 Å². The van der Waals surface area contributed by atoms with Crippen LogP contribution in [0.3, 0.4) is 0 Å². The van der Waals surface area contributed by atoms with E-state index in [0.717, 1.165) is 17.0 Å². The van der Waals surface area contributed by atoms with Crippen LogP contribution in [-0.4, -0.2) is 48.4 Å². The van der Waals surface area contributed by atoms with Gasteiger partial charge in [0.15, 0.2) is 0 Å². The third-order valence-electron chi connectivity index (χ3n) is 3.62. The summed E-state index contributed by atoms with van der Waals surface area (Å²) in [6.45, 7) is 5.69. The Kier molecular flexibility index (Phi) is 5.70. The SMILES string of the molecule is CCN[C@H](C)CNC(=O)c1ccc(CN2C(=O)CNC2=O)cc1. The molecule has 1 atom stereocenters. The van der Waals surface area contributed by atoms with E-state index >= 15 is 0 Å². The normalized spacial score (nSPS) is 15.5. The van der Waals surface area contributed by atoms with Gasteiger partial charge in [-0.1, -0.05) is 19.1 Å². The number of imide groups is 1. The van der Waals surface area contributed by atoms with Gasteiger partial charge in [-0.3, -0.25) is 14.5 Å². The van der Waals surface area contributed by atoms with Crippen LogP contribution in [0.4, 0.5) is 4.79 Å². The summed E-state index contributed by atoms with van der Waals surface area (Å²) in [5, 5.41) is 8.55. The van der Waals surface area contributed by atoms with E-state index in [4.69, 9.17) is 0 Å². The van der Waals surface area contributed by atoms with Crippen molar-refractivity contribution in [3.63, 3.8) is 0 Å². The van der Waals surface area contributed by atoms with E-state index in [0.29, 0.717) is 12.1 Å². The van der Waals surface area contributed by atoms with E-state index in [1.54, 1.807) is 24.3 Å². The second kappa shape index (κ2) is 7.73. The molecule has 1 heterocycles. The number of hydrogen-bond donors (Lipinski definition) is 3. The molecule has 4 amide bonds. The number of urea groups is 1. The quantitative estimate of drug-likeness (QED) is 0.637. The highest BCUT2D eigenvalue weighted by Crippen LogP contribution is 2.10. The maximum atomic E-state index is 12.0. The predicted octanol–water partition coefficient (Wildman–Crippen LogP) is 0.466. The number of carbonyl (C=O) groups is 3. The lowest BCUT2D eigenvalue weighted by Crippen LogP contribution is -2.38. The molecule has 1 aliphatic rings. The van der Waals surface area contributed by atoms with Crippen LogP contribution in [0.1, 0.15) is 29.8 Å². The number of nitrogens with zero attached hydrogens (tertiary/aromatic N) is 1. The second-order valence-corrected chi connectivity index (χ2v) is 5.50. The Morgan fingerprint density at radius 3 is 2.57 bits per heavy atom. The van der Waals surface area contributed by atoms with Gasteiger partial charge in [-0.15, -0.1) is 0 Å². The van der Waals surface area contributed by atoms with E-state index in [9.17, 15) is 14.4 Å². The molecule has 1 aliphatic heterocycles. The molecule has 0 saturated carbocycles. The molecule has 0 unspecified atom stereocenters. The average molecular weight is 318 g/mol. The minimum Gasteiger partial charge on any atom is -0.350 e. The summed E-state index contributed by atoms with van der Waals surface area (Å²) >= 11 is 0. The molecule has 7 nitrogen and oxygen atoms in total. The monoisotopic (exact) mass is 318 g/mol. The van der Waals surface area contributed by atoms with Crippen molar-refractivity contribution in [1.82, 2.24) is 20.9 Å². The number of carbonyl (C=O) groups excluding carboxylic acids is 3. The van der Waals surface area contributed by atoms with Gasteiger partial charge in [0, 0.05) is 18.2 Å². The fourth-order valence-electron chi connectivity index (χ4n) is 2.33. The highest BCUT2D eigenvalue weighted by molar-refractivity contribution is 6.01. The summed E-state index contributed by atoms with van der Waals surface area (Å²) in [5.41, 5.74) is 1.35. The minimum atomic E-state index is -0.380. The van der Waals surface area contributed by atoms with Crippen LogP contribution >= 0.6 is 0 Å². The van der Waals surface area contributed by atoms with E-state index < -0.39 is 0 Å². The fraction of sp³-hybridized carbons (Fsp3) is 0.438. The minimum absolute atomic E-state index is 0.0449. The zero-order valence-corrected chi connectivity index (χ0v) is 13.4. The largest absolute Gasteiger partial charge is 0.350 e. The first-order valence-corrected chi connectivity index (χ1v) is 7.70. The van der Waals surface area contributed by atoms with Gasteiger partial charge in [0.25, 0.3) is 5.91 Å². The molecule has 0 bridgehead atoms. The number of likely N-dealkylation sites (N-methyl/N-ethyl adjacent to an activating group) is 1. The van der Waals surface area contributed by atoms with Crippen LogP contribution < -0.4 is 16.0 Å². The van der Waals surface area contributed by atoms with Crippen molar-refractivity contribution in [2.75, 3.05) is 19.6 Å². The molecule has 0 aliphatic carbocycles. The number of nitrogens with one attached hydrogen (secondary N) is 3. The van der Waals surface area contributed by atoms with E-state index in [-0.39, 0.29) is 37.0 Å². The number of benzene rings is 1. The van der Waals surface area contributed by atoms with Gasteiger partial charge in [-0.05, 0) is 31.2 Å². The number of rotatable bonds is 7. The summed E-state index contributed by atoms with van der Waals surface area (Å²) in [7, 11) is 0. The molecule has 1 saturated heterocycles. The van der Waals surface area contributed by atoms with Crippen LogP contribution in [0.15, 0.2) is 24.3 Å². The molecule has 124 valence electrons. The first-order valence-electron chi connectivity index (χ1n) is 7.70. The van der Waals surface area contributed by atoms with Crippen molar-refractivity contribution in [3.05, 3.63) is 35.4 Å². The molecule has 2 rings (SSSR count). The summed E-state index contributed by atoms with van der Waals surface area (Å²) in [5.74, 6) is -0.384. The van der Waals surface area contributed by atoms with Crippen molar-refractivity contribution < 1.29 is 14.4 Å². The van der Waals surface area contributed by atoms with E-state index in [1.807, 2.05) is 13.8 Å². The lowest BCUT2D eigenvalue weighted by atomic mass is 10.1. The standard InChI is InChI=1S/C16H22N4O3/c1-3-17-11(2)8-18-15(22)13-6-4-12(5-7-13)10-20-14(21)9-19-16(20)23/h4-7,11,17H,3,8-10H2,1-2H3,(H,18,22)(H,19,23)/t11-/m1/s1. The highest BCUT2D eigenvalue weighted by Gasteiger charge is 2.28.